The first kappa shape index (κ1) is 22.2. The molecule has 31 heavy (non-hydrogen) atoms. The monoisotopic (exact) mass is 430 g/mol. The van der Waals surface area contributed by atoms with Gasteiger partial charge in [0.25, 0.3) is 0 Å². The highest BCUT2D eigenvalue weighted by molar-refractivity contribution is 5.80. The number of hydrogen-bond donors (Lipinski definition) is 1. The number of aromatic nitrogens is 2. The van der Waals surface area contributed by atoms with E-state index in [0.717, 1.165) is 104 Å². The molecule has 9 nitrogen and oxygen atoms in total. The fourth-order valence-corrected chi connectivity index (χ4v) is 4.71. The molecule has 3 aliphatic rings. The molecule has 9 heteroatoms. The Balaban J connectivity index is 1.18. The SMILES string of the molecule is CCNC(=NCCCN1CCN(c2ncccn2)CC1)N1CCC(N2CCOCC2)C1. The summed E-state index contributed by atoms with van der Waals surface area (Å²) in [4.78, 5) is 23.5. The number of ether oxygens (including phenoxy) is 1. The molecule has 172 valence electrons. The number of aliphatic imine (C=N–C) groups is 1. The zero-order valence-electron chi connectivity index (χ0n) is 19.0. The Kier molecular flexibility index (Phi) is 8.31. The third-order valence-corrected chi connectivity index (χ3v) is 6.46. The van der Waals surface area contributed by atoms with E-state index in [-0.39, 0.29) is 0 Å². The number of nitrogens with zero attached hydrogens (tertiary/aromatic N) is 7. The van der Waals surface area contributed by atoms with Gasteiger partial charge >= 0.3 is 0 Å². The Hall–Kier alpha value is -1.97. The van der Waals surface area contributed by atoms with Crippen molar-refractivity contribution in [1.82, 2.24) is 30.0 Å². The molecule has 0 aromatic carbocycles. The van der Waals surface area contributed by atoms with E-state index in [1.165, 1.54) is 6.42 Å². The molecule has 0 spiro atoms. The minimum atomic E-state index is 0.637. The second-order valence-corrected chi connectivity index (χ2v) is 8.50. The Labute approximate surface area is 186 Å². The summed E-state index contributed by atoms with van der Waals surface area (Å²) in [6, 6.07) is 2.50. The average Bonchev–Trinajstić information content (AvgIpc) is 3.33. The van der Waals surface area contributed by atoms with Gasteiger partial charge in [0.1, 0.15) is 0 Å². The lowest BCUT2D eigenvalue weighted by atomic mass is 10.2. The standard InChI is InChI=1S/C22H38N8O/c1-2-23-21(30-10-5-20(19-30)28-15-17-31-18-16-28)26-8-4-9-27-11-13-29(14-12-27)22-24-6-3-7-25-22/h3,6-7,20H,2,4-5,8-19H2,1H3,(H,23,26). The summed E-state index contributed by atoms with van der Waals surface area (Å²) in [5, 5.41) is 3.51. The summed E-state index contributed by atoms with van der Waals surface area (Å²) in [7, 11) is 0. The number of anilines is 1. The van der Waals surface area contributed by atoms with Gasteiger partial charge in [0, 0.05) is 90.4 Å². The van der Waals surface area contributed by atoms with E-state index in [9.17, 15) is 0 Å². The van der Waals surface area contributed by atoms with Crippen LogP contribution in [0.15, 0.2) is 23.5 Å². The fraction of sp³-hybridized carbons (Fsp3) is 0.773. The number of morpholine rings is 1. The van der Waals surface area contributed by atoms with Gasteiger partial charge in [-0.1, -0.05) is 0 Å². The van der Waals surface area contributed by atoms with Crippen molar-refractivity contribution in [2.75, 3.05) is 90.1 Å². The summed E-state index contributed by atoms with van der Waals surface area (Å²) in [5.74, 6) is 1.94. The highest BCUT2D eigenvalue weighted by atomic mass is 16.5. The first-order valence-electron chi connectivity index (χ1n) is 11.9. The van der Waals surface area contributed by atoms with Crippen molar-refractivity contribution in [3.8, 4) is 0 Å². The van der Waals surface area contributed by atoms with Gasteiger partial charge in [-0.05, 0) is 25.8 Å². The second kappa shape index (κ2) is 11.6. The summed E-state index contributed by atoms with van der Waals surface area (Å²) in [6.45, 7) is 15.2. The van der Waals surface area contributed by atoms with E-state index in [2.05, 4.69) is 41.8 Å². The molecule has 1 unspecified atom stereocenters. The van der Waals surface area contributed by atoms with E-state index in [0.29, 0.717) is 6.04 Å². The zero-order valence-corrected chi connectivity index (χ0v) is 19.0. The van der Waals surface area contributed by atoms with Crippen LogP contribution >= 0.6 is 0 Å². The molecule has 4 heterocycles. The van der Waals surface area contributed by atoms with Gasteiger partial charge < -0.3 is 19.9 Å². The molecule has 0 amide bonds. The van der Waals surface area contributed by atoms with Crippen molar-refractivity contribution >= 4 is 11.9 Å². The van der Waals surface area contributed by atoms with Crippen molar-refractivity contribution in [2.45, 2.75) is 25.8 Å². The molecule has 3 aliphatic heterocycles. The molecule has 0 bridgehead atoms. The quantitative estimate of drug-likeness (QED) is 0.378. The van der Waals surface area contributed by atoms with Crippen LogP contribution in [-0.4, -0.2) is 122 Å². The first-order chi connectivity index (χ1) is 15.3. The molecule has 3 saturated heterocycles. The minimum Gasteiger partial charge on any atom is -0.379 e. The summed E-state index contributed by atoms with van der Waals surface area (Å²) >= 11 is 0. The number of likely N-dealkylation sites (tertiary alicyclic amines) is 1. The molecular weight excluding hydrogens is 392 g/mol. The van der Waals surface area contributed by atoms with Gasteiger partial charge in [0.2, 0.25) is 5.95 Å². The van der Waals surface area contributed by atoms with Crippen LogP contribution in [0, 0.1) is 0 Å². The van der Waals surface area contributed by atoms with Crippen LogP contribution in [0.1, 0.15) is 19.8 Å². The predicted molar refractivity (Wildman–Crippen MR) is 124 cm³/mol. The maximum absolute atomic E-state index is 5.51. The number of nitrogens with one attached hydrogen (secondary N) is 1. The lowest BCUT2D eigenvalue weighted by molar-refractivity contribution is 0.0195. The van der Waals surface area contributed by atoms with Gasteiger partial charge in [-0.2, -0.15) is 0 Å². The number of piperazine rings is 1. The van der Waals surface area contributed by atoms with Crippen LogP contribution in [0.5, 0.6) is 0 Å². The Morgan fingerprint density at radius 2 is 1.87 bits per heavy atom. The number of rotatable bonds is 7. The summed E-state index contributed by atoms with van der Waals surface area (Å²) in [5.41, 5.74) is 0. The lowest BCUT2D eigenvalue weighted by Gasteiger charge is -2.34. The molecule has 1 aromatic rings. The molecule has 1 aromatic heterocycles. The van der Waals surface area contributed by atoms with Crippen LogP contribution < -0.4 is 10.2 Å². The van der Waals surface area contributed by atoms with E-state index < -0.39 is 0 Å². The normalized spacial score (nSPS) is 24.0. The molecule has 1 N–H and O–H groups in total. The first-order valence-corrected chi connectivity index (χ1v) is 11.9. The lowest BCUT2D eigenvalue weighted by Crippen LogP contribution is -2.47. The van der Waals surface area contributed by atoms with Gasteiger partial charge in [0.15, 0.2) is 5.96 Å². The van der Waals surface area contributed by atoms with Gasteiger partial charge in [0.05, 0.1) is 13.2 Å². The van der Waals surface area contributed by atoms with Crippen LogP contribution in [0.2, 0.25) is 0 Å². The molecule has 0 aliphatic carbocycles. The third kappa shape index (κ3) is 6.27. The molecule has 0 radical (unpaired) electrons. The molecule has 3 fully saturated rings. The molecule has 0 saturated carbocycles. The van der Waals surface area contributed by atoms with Crippen LogP contribution in [-0.2, 0) is 4.74 Å². The summed E-state index contributed by atoms with van der Waals surface area (Å²) < 4.78 is 5.51. The van der Waals surface area contributed by atoms with Crippen molar-refractivity contribution in [1.29, 1.82) is 0 Å². The fourth-order valence-electron chi connectivity index (χ4n) is 4.71. The van der Waals surface area contributed by atoms with Crippen molar-refractivity contribution in [3.63, 3.8) is 0 Å². The van der Waals surface area contributed by atoms with Crippen LogP contribution in [0.25, 0.3) is 0 Å². The summed E-state index contributed by atoms with van der Waals surface area (Å²) in [6.07, 6.45) is 5.95. The van der Waals surface area contributed by atoms with Crippen molar-refractivity contribution in [2.24, 2.45) is 4.99 Å². The van der Waals surface area contributed by atoms with Gasteiger partial charge in [-0.25, -0.2) is 9.97 Å². The van der Waals surface area contributed by atoms with E-state index in [1.807, 2.05) is 18.5 Å². The van der Waals surface area contributed by atoms with Crippen LogP contribution in [0.4, 0.5) is 5.95 Å². The van der Waals surface area contributed by atoms with E-state index >= 15 is 0 Å². The predicted octanol–water partition coefficient (Wildman–Crippen LogP) is 0.361. The van der Waals surface area contributed by atoms with Crippen molar-refractivity contribution < 1.29 is 4.74 Å². The maximum atomic E-state index is 5.51. The number of guanidine groups is 1. The maximum Gasteiger partial charge on any atom is 0.225 e. The Morgan fingerprint density at radius 1 is 1.10 bits per heavy atom. The largest absolute Gasteiger partial charge is 0.379 e. The highest BCUT2D eigenvalue weighted by Gasteiger charge is 2.30. The van der Waals surface area contributed by atoms with Crippen LogP contribution in [0.3, 0.4) is 0 Å². The number of hydrogen-bond acceptors (Lipinski definition) is 7. The van der Waals surface area contributed by atoms with Crippen molar-refractivity contribution in [3.05, 3.63) is 18.5 Å². The van der Waals surface area contributed by atoms with Gasteiger partial charge in [-0.15, -0.1) is 0 Å². The smallest absolute Gasteiger partial charge is 0.225 e. The van der Waals surface area contributed by atoms with Gasteiger partial charge in [-0.3, -0.25) is 14.8 Å². The Bertz CT molecular complexity index is 673. The second-order valence-electron chi connectivity index (χ2n) is 8.50. The van der Waals surface area contributed by atoms with E-state index in [1.54, 1.807) is 0 Å². The third-order valence-electron chi connectivity index (χ3n) is 6.46. The zero-order chi connectivity index (χ0) is 21.3. The molecule has 1 atom stereocenters. The average molecular weight is 431 g/mol. The minimum absolute atomic E-state index is 0.637. The topological polar surface area (TPSA) is 72.4 Å². The molecule has 4 rings (SSSR count). The highest BCUT2D eigenvalue weighted by Crippen LogP contribution is 2.17. The molecular formula is C22H38N8O. The Morgan fingerprint density at radius 3 is 2.61 bits per heavy atom. The van der Waals surface area contributed by atoms with E-state index in [4.69, 9.17) is 9.73 Å².